The normalized spacial score (nSPS) is 10.7. The Balaban J connectivity index is 3.32. The van der Waals surface area contributed by atoms with Crippen LogP contribution in [0.15, 0.2) is 12.2 Å². The minimum atomic E-state index is 0.804. The van der Waals surface area contributed by atoms with Gasteiger partial charge in [-0.15, -0.1) is 0 Å². The van der Waals surface area contributed by atoms with Crippen molar-refractivity contribution in [1.82, 2.24) is 4.90 Å². The second-order valence-electron chi connectivity index (χ2n) is 3.35. The molecule has 0 aromatic heterocycles. The summed E-state index contributed by atoms with van der Waals surface area (Å²) >= 11 is 4.17. The van der Waals surface area contributed by atoms with E-state index >= 15 is 0 Å². The van der Waals surface area contributed by atoms with Gasteiger partial charge in [0.15, 0.2) is 0 Å². The van der Waals surface area contributed by atoms with Crippen LogP contribution in [0.3, 0.4) is 0 Å². The molecule has 0 aliphatic carbocycles. The number of hydrogen-bond donors (Lipinski definition) is 1. The van der Waals surface area contributed by atoms with Crippen LogP contribution in [-0.2, 0) is 0 Å². The summed E-state index contributed by atoms with van der Waals surface area (Å²) in [4.78, 5) is 2.31. The van der Waals surface area contributed by atoms with E-state index in [-0.39, 0.29) is 0 Å². The number of nitrogens with zero attached hydrogens (tertiary/aromatic N) is 1. The van der Waals surface area contributed by atoms with Crippen LogP contribution in [-0.4, -0.2) is 30.8 Å². The van der Waals surface area contributed by atoms with Crippen molar-refractivity contribution in [3.8, 4) is 0 Å². The second-order valence-corrected chi connectivity index (χ2v) is 3.67. The maximum absolute atomic E-state index is 4.17. The topological polar surface area (TPSA) is 3.24 Å². The second kappa shape index (κ2) is 7.69. The molecule has 0 saturated heterocycles. The molecule has 0 heterocycles. The van der Waals surface area contributed by atoms with Gasteiger partial charge in [-0.3, -0.25) is 0 Å². The summed E-state index contributed by atoms with van der Waals surface area (Å²) < 4.78 is 0. The van der Waals surface area contributed by atoms with E-state index in [4.69, 9.17) is 0 Å². The van der Waals surface area contributed by atoms with Crippen LogP contribution in [0.4, 0.5) is 0 Å². The van der Waals surface area contributed by atoms with Gasteiger partial charge < -0.3 is 4.90 Å². The predicted molar refractivity (Wildman–Crippen MR) is 60.0 cm³/mol. The fourth-order valence-corrected chi connectivity index (χ4v) is 1.24. The van der Waals surface area contributed by atoms with Crippen molar-refractivity contribution in [1.29, 1.82) is 0 Å². The van der Waals surface area contributed by atoms with E-state index in [2.05, 4.69) is 38.1 Å². The van der Waals surface area contributed by atoms with Crippen molar-refractivity contribution in [2.45, 2.75) is 26.2 Å². The van der Waals surface area contributed by atoms with E-state index in [1.165, 1.54) is 31.4 Å². The van der Waals surface area contributed by atoms with Gasteiger partial charge in [-0.05, 0) is 20.0 Å². The first kappa shape index (κ1) is 12.0. The first-order chi connectivity index (χ1) is 5.70. The molecule has 0 aromatic carbocycles. The van der Waals surface area contributed by atoms with Crippen molar-refractivity contribution >= 4 is 12.6 Å². The molecule has 0 fully saturated rings. The Morgan fingerprint density at radius 3 is 2.58 bits per heavy atom. The van der Waals surface area contributed by atoms with Gasteiger partial charge in [-0.2, -0.15) is 12.6 Å². The van der Waals surface area contributed by atoms with E-state index in [0.717, 1.165) is 12.3 Å². The number of hydrogen-bond acceptors (Lipinski definition) is 2. The molecule has 0 N–H and O–H groups in total. The molecule has 0 amide bonds. The quantitative estimate of drug-likeness (QED) is 0.364. The number of rotatable bonds is 7. The molecule has 12 heavy (non-hydrogen) atoms. The van der Waals surface area contributed by atoms with Crippen LogP contribution in [0.2, 0.25) is 0 Å². The standard InChI is InChI=1S/C10H21NS/c1-4-5-6-7-11(3)8-10(2)9-12/h12H,2,4-9H2,1,3H3. The number of likely N-dealkylation sites (N-methyl/N-ethyl adjacent to an activating group) is 1. The predicted octanol–water partition coefficient (Wildman–Crippen LogP) is 2.59. The molecular weight excluding hydrogens is 166 g/mol. The fraction of sp³-hybridized carbons (Fsp3) is 0.800. The zero-order valence-corrected chi connectivity index (χ0v) is 9.24. The Morgan fingerprint density at radius 2 is 2.08 bits per heavy atom. The Labute approximate surface area is 82.2 Å². The monoisotopic (exact) mass is 187 g/mol. The third kappa shape index (κ3) is 6.74. The highest BCUT2D eigenvalue weighted by Gasteiger charge is 1.98. The van der Waals surface area contributed by atoms with Crippen LogP contribution >= 0.6 is 12.6 Å². The van der Waals surface area contributed by atoms with Crippen LogP contribution in [0.5, 0.6) is 0 Å². The molecule has 72 valence electrons. The first-order valence-corrected chi connectivity index (χ1v) is 5.30. The summed E-state index contributed by atoms with van der Waals surface area (Å²) in [6.45, 7) is 8.33. The summed E-state index contributed by atoms with van der Waals surface area (Å²) in [7, 11) is 2.14. The van der Waals surface area contributed by atoms with Crippen molar-refractivity contribution in [3.05, 3.63) is 12.2 Å². The van der Waals surface area contributed by atoms with Crippen LogP contribution in [0.1, 0.15) is 26.2 Å². The molecular formula is C10H21NS. The van der Waals surface area contributed by atoms with Gasteiger partial charge in [0.2, 0.25) is 0 Å². The molecule has 0 saturated carbocycles. The summed E-state index contributed by atoms with van der Waals surface area (Å²) in [6.07, 6.45) is 3.92. The minimum absolute atomic E-state index is 0.804. The Morgan fingerprint density at radius 1 is 1.42 bits per heavy atom. The highest BCUT2D eigenvalue weighted by molar-refractivity contribution is 7.80. The van der Waals surface area contributed by atoms with E-state index in [9.17, 15) is 0 Å². The lowest BCUT2D eigenvalue weighted by atomic mass is 10.2. The van der Waals surface area contributed by atoms with Gasteiger partial charge >= 0.3 is 0 Å². The van der Waals surface area contributed by atoms with Gasteiger partial charge in [0.1, 0.15) is 0 Å². The van der Waals surface area contributed by atoms with Crippen molar-refractivity contribution in [3.63, 3.8) is 0 Å². The molecule has 0 radical (unpaired) electrons. The maximum Gasteiger partial charge on any atom is 0.0195 e. The number of unbranched alkanes of at least 4 members (excludes halogenated alkanes) is 2. The molecule has 2 heteroatoms. The summed E-state index contributed by atoms with van der Waals surface area (Å²) in [5.74, 6) is 0.804. The first-order valence-electron chi connectivity index (χ1n) is 4.66. The molecule has 0 rings (SSSR count). The number of thiol groups is 1. The van der Waals surface area contributed by atoms with Gasteiger partial charge in [0.05, 0.1) is 0 Å². The minimum Gasteiger partial charge on any atom is -0.302 e. The molecule has 0 aliphatic rings. The Kier molecular flexibility index (Phi) is 7.72. The van der Waals surface area contributed by atoms with Crippen molar-refractivity contribution in [2.24, 2.45) is 0 Å². The highest BCUT2D eigenvalue weighted by atomic mass is 32.1. The molecule has 0 spiro atoms. The van der Waals surface area contributed by atoms with Crippen molar-refractivity contribution < 1.29 is 0 Å². The summed E-state index contributed by atoms with van der Waals surface area (Å²) in [5.41, 5.74) is 1.21. The van der Waals surface area contributed by atoms with Crippen molar-refractivity contribution in [2.75, 3.05) is 25.9 Å². The fourth-order valence-electron chi connectivity index (χ4n) is 1.14. The molecule has 0 unspecified atom stereocenters. The van der Waals surface area contributed by atoms with E-state index in [1.807, 2.05) is 0 Å². The molecule has 1 nitrogen and oxygen atoms in total. The summed E-state index contributed by atoms with van der Waals surface area (Å²) in [6, 6.07) is 0. The highest BCUT2D eigenvalue weighted by Crippen LogP contribution is 2.00. The lowest BCUT2D eigenvalue weighted by Crippen LogP contribution is -2.22. The molecule has 0 atom stereocenters. The SMILES string of the molecule is C=C(CS)CN(C)CCCCC. The largest absolute Gasteiger partial charge is 0.302 e. The molecule has 0 aliphatic heterocycles. The van der Waals surface area contributed by atoms with E-state index in [1.54, 1.807) is 0 Å². The lowest BCUT2D eigenvalue weighted by molar-refractivity contribution is 0.352. The zero-order valence-electron chi connectivity index (χ0n) is 8.34. The average molecular weight is 187 g/mol. The van der Waals surface area contributed by atoms with E-state index in [0.29, 0.717) is 0 Å². The smallest absolute Gasteiger partial charge is 0.0195 e. The molecule has 0 aromatic rings. The third-order valence-corrected chi connectivity index (χ3v) is 2.31. The van der Waals surface area contributed by atoms with E-state index < -0.39 is 0 Å². The molecule has 0 bridgehead atoms. The Bertz CT molecular complexity index is 123. The lowest BCUT2D eigenvalue weighted by Gasteiger charge is -2.16. The van der Waals surface area contributed by atoms with Crippen LogP contribution < -0.4 is 0 Å². The van der Waals surface area contributed by atoms with Gasteiger partial charge in [-0.25, -0.2) is 0 Å². The third-order valence-electron chi connectivity index (χ3n) is 1.86. The van der Waals surface area contributed by atoms with Gasteiger partial charge in [0, 0.05) is 12.3 Å². The summed E-state index contributed by atoms with van der Waals surface area (Å²) in [5, 5.41) is 0. The Hall–Kier alpha value is 0.0500. The zero-order chi connectivity index (χ0) is 9.40. The maximum atomic E-state index is 4.17. The average Bonchev–Trinajstić information content (AvgIpc) is 2.05. The van der Waals surface area contributed by atoms with Crippen LogP contribution in [0.25, 0.3) is 0 Å². The van der Waals surface area contributed by atoms with Gasteiger partial charge in [-0.1, -0.05) is 31.9 Å². The van der Waals surface area contributed by atoms with Crippen LogP contribution in [0, 0.1) is 0 Å². The van der Waals surface area contributed by atoms with Gasteiger partial charge in [0.25, 0.3) is 0 Å².